The van der Waals surface area contributed by atoms with E-state index in [-0.39, 0.29) is 17.8 Å². The number of nitrogens with one attached hydrogen (secondary N) is 1. The number of hydrogen-bond acceptors (Lipinski definition) is 2. The maximum atomic E-state index is 11.6. The molecule has 0 aliphatic heterocycles. The molecule has 1 aromatic heterocycles. The van der Waals surface area contributed by atoms with Crippen LogP contribution < -0.4 is 5.32 Å². The van der Waals surface area contributed by atoms with Gasteiger partial charge in [0.15, 0.2) is 0 Å². The minimum absolute atomic E-state index is 0.0635. The van der Waals surface area contributed by atoms with Crippen LogP contribution in [-0.4, -0.2) is 22.5 Å². The van der Waals surface area contributed by atoms with Crippen LogP contribution in [0.1, 0.15) is 18.1 Å². The van der Waals surface area contributed by atoms with E-state index in [2.05, 4.69) is 32.9 Å². The molecule has 1 amide bonds. The van der Waals surface area contributed by atoms with Gasteiger partial charge >= 0.3 is 0 Å². The zero-order chi connectivity index (χ0) is 13.3. The van der Waals surface area contributed by atoms with Gasteiger partial charge in [-0.3, -0.25) is 4.79 Å². The first-order valence-electron chi connectivity index (χ1n) is 5.53. The predicted octanol–water partition coefficient (Wildman–Crippen LogP) is 2.69. The fourth-order valence-corrected chi connectivity index (χ4v) is 2.46. The molecule has 18 heavy (non-hydrogen) atoms. The van der Waals surface area contributed by atoms with Crippen molar-refractivity contribution < 1.29 is 4.79 Å². The van der Waals surface area contributed by atoms with Crippen molar-refractivity contribution in [3.63, 3.8) is 0 Å². The molecule has 1 heterocycles. The topological polar surface area (TPSA) is 46.9 Å². The summed E-state index contributed by atoms with van der Waals surface area (Å²) in [7, 11) is 1.62. The van der Waals surface area contributed by atoms with Crippen LogP contribution in [0.25, 0.3) is 11.0 Å². The molecule has 0 saturated carbocycles. The Labute approximate surface area is 124 Å². The quantitative estimate of drug-likeness (QED) is 0.660. The van der Waals surface area contributed by atoms with Gasteiger partial charge in [-0.1, -0.05) is 0 Å². The van der Waals surface area contributed by atoms with E-state index in [9.17, 15) is 4.79 Å². The number of likely N-dealkylation sites (N-methyl/N-ethyl adjacent to an activating group) is 1. The van der Waals surface area contributed by atoms with Gasteiger partial charge in [0.1, 0.15) is 12.4 Å². The molecule has 2 rings (SSSR count). The Hall–Kier alpha value is -0.820. The molecule has 6 heteroatoms. The Bertz CT molecular complexity index is 594. The van der Waals surface area contributed by atoms with Gasteiger partial charge in [-0.25, -0.2) is 4.98 Å². The molecule has 0 aliphatic rings. The summed E-state index contributed by atoms with van der Waals surface area (Å²) in [5.41, 5.74) is 1.80. The summed E-state index contributed by atoms with van der Waals surface area (Å²) in [5, 5.41) is 2.38. The highest BCUT2D eigenvalue weighted by Gasteiger charge is 2.16. The summed E-state index contributed by atoms with van der Waals surface area (Å²) < 4.78 is 2.97. The summed E-state index contributed by atoms with van der Waals surface area (Å²) in [4.78, 5) is 16.1. The molecule has 1 atom stereocenters. The smallest absolute Gasteiger partial charge is 0.239 e. The monoisotopic (exact) mass is 377 g/mol. The van der Waals surface area contributed by atoms with Gasteiger partial charge in [0.2, 0.25) is 5.91 Å². The van der Waals surface area contributed by atoms with E-state index < -0.39 is 0 Å². The molecule has 96 valence electrons. The fraction of sp³-hybridized carbons (Fsp3) is 0.333. The van der Waals surface area contributed by atoms with Crippen LogP contribution in [-0.2, 0) is 11.3 Å². The van der Waals surface area contributed by atoms with Crippen molar-refractivity contribution in [1.82, 2.24) is 14.9 Å². The van der Waals surface area contributed by atoms with Crippen molar-refractivity contribution in [1.29, 1.82) is 0 Å². The molecule has 1 N–H and O–H groups in total. The Kier molecular flexibility index (Phi) is 4.11. The minimum atomic E-state index is -0.236. The summed E-state index contributed by atoms with van der Waals surface area (Å²) in [6, 6.07) is 5.95. The zero-order valence-electron chi connectivity index (χ0n) is 10.1. The highest BCUT2D eigenvalue weighted by molar-refractivity contribution is 14.1. The lowest BCUT2D eigenvalue weighted by molar-refractivity contribution is -0.121. The molecule has 0 spiro atoms. The molecule has 2 aromatic rings. The number of fused-ring (bicyclic) bond motifs is 1. The highest BCUT2D eigenvalue weighted by Crippen LogP contribution is 2.25. The number of carbonyl (C=O) groups is 1. The third-order valence-electron chi connectivity index (χ3n) is 2.68. The first kappa shape index (κ1) is 13.6. The van der Waals surface area contributed by atoms with E-state index in [4.69, 9.17) is 11.6 Å². The Morgan fingerprint density at radius 3 is 2.94 bits per heavy atom. The number of halogens is 2. The van der Waals surface area contributed by atoms with E-state index in [1.54, 1.807) is 7.05 Å². The molecule has 4 nitrogen and oxygen atoms in total. The minimum Gasteiger partial charge on any atom is -0.358 e. The first-order chi connectivity index (χ1) is 8.52. The van der Waals surface area contributed by atoms with E-state index in [1.807, 2.05) is 29.7 Å². The van der Waals surface area contributed by atoms with Crippen LogP contribution in [0.3, 0.4) is 0 Å². The Morgan fingerprint density at radius 2 is 2.33 bits per heavy atom. The number of rotatable bonds is 3. The van der Waals surface area contributed by atoms with Crippen molar-refractivity contribution in [2.75, 3.05) is 7.05 Å². The molecular formula is C12H13ClIN3O. The average molecular weight is 378 g/mol. The summed E-state index contributed by atoms with van der Waals surface area (Å²) in [6.45, 7) is 2.09. The lowest BCUT2D eigenvalue weighted by Crippen LogP contribution is -2.24. The van der Waals surface area contributed by atoms with Gasteiger partial charge < -0.3 is 9.88 Å². The van der Waals surface area contributed by atoms with Gasteiger partial charge in [-0.2, -0.15) is 0 Å². The summed E-state index contributed by atoms with van der Waals surface area (Å²) >= 11 is 8.37. The van der Waals surface area contributed by atoms with E-state index in [0.717, 1.165) is 20.4 Å². The first-order valence-corrected chi connectivity index (χ1v) is 7.04. The lowest BCUT2D eigenvalue weighted by Gasteiger charge is -2.09. The fourth-order valence-electron chi connectivity index (χ4n) is 1.81. The van der Waals surface area contributed by atoms with Crippen LogP contribution in [0.15, 0.2) is 18.2 Å². The van der Waals surface area contributed by atoms with Crippen LogP contribution in [0.5, 0.6) is 0 Å². The number of aromatic nitrogens is 2. The molecule has 0 bridgehead atoms. The number of amides is 1. The van der Waals surface area contributed by atoms with Crippen LogP contribution in [0.2, 0.25) is 0 Å². The number of benzene rings is 1. The van der Waals surface area contributed by atoms with E-state index in [1.165, 1.54) is 0 Å². The predicted molar refractivity (Wildman–Crippen MR) is 80.8 cm³/mol. The second-order valence-corrected chi connectivity index (χ2v) is 5.88. The van der Waals surface area contributed by atoms with E-state index >= 15 is 0 Å². The molecule has 0 radical (unpaired) electrons. The van der Waals surface area contributed by atoms with Crippen molar-refractivity contribution in [3.8, 4) is 0 Å². The van der Waals surface area contributed by atoms with Crippen LogP contribution in [0, 0.1) is 3.57 Å². The molecule has 0 saturated heterocycles. The van der Waals surface area contributed by atoms with Gasteiger partial charge in [0.05, 0.1) is 16.4 Å². The second-order valence-electron chi connectivity index (χ2n) is 3.98. The van der Waals surface area contributed by atoms with Gasteiger partial charge in [-0.15, -0.1) is 11.6 Å². The number of alkyl halides is 1. The molecule has 1 aromatic carbocycles. The molecule has 0 fully saturated rings. The van der Waals surface area contributed by atoms with Gasteiger partial charge in [0.25, 0.3) is 0 Å². The zero-order valence-corrected chi connectivity index (χ0v) is 13.0. The van der Waals surface area contributed by atoms with Gasteiger partial charge in [0, 0.05) is 10.6 Å². The maximum absolute atomic E-state index is 11.6. The Balaban J connectivity index is 2.59. The second kappa shape index (κ2) is 5.44. The standard InChI is InChI=1S/C12H13ClIN3O/c1-7(13)12-16-9-5-8(14)3-4-10(9)17(12)6-11(18)15-2/h3-5,7H,6H2,1-2H3,(H,15,18). The lowest BCUT2D eigenvalue weighted by atomic mass is 10.3. The average Bonchev–Trinajstić information content (AvgIpc) is 2.67. The number of hydrogen-bond donors (Lipinski definition) is 1. The van der Waals surface area contributed by atoms with Crippen LogP contribution in [0.4, 0.5) is 0 Å². The molecule has 1 unspecified atom stereocenters. The number of carbonyl (C=O) groups excluding carboxylic acids is 1. The number of imidazole rings is 1. The molecule has 0 aliphatic carbocycles. The van der Waals surface area contributed by atoms with Crippen molar-refractivity contribution in [2.24, 2.45) is 0 Å². The highest BCUT2D eigenvalue weighted by atomic mass is 127. The normalized spacial score (nSPS) is 12.7. The van der Waals surface area contributed by atoms with E-state index in [0.29, 0.717) is 0 Å². The largest absolute Gasteiger partial charge is 0.358 e. The molecular weight excluding hydrogens is 365 g/mol. The number of nitrogens with zero attached hydrogens (tertiary/aromatic N) is 2. The summed E-state index contributed by atoms with van der Waals surface area (Å²) in [5.74, 6) is 0.656. The third kappa shape index (κ3) is 2.61. The Morgan fingerprint density at radius 1 is 1.61 bits per heavy atom. The maximum Gasteiger partial charge on any atom is 0.239 e. The van der Waals surface area contributed by atoms with Gasteiger partial charge in [-0.05, 0) is 47.7 Å². The van der Waals surface area contributed by atoms with Crippen LogP contribution >= 0.6 is 34.2 Å². The summed E-state index contributed by atoms with van der Waals surface area (Å²) in [6.07, 6.45) is 0. The SMILES string of the molecule is CNC(=O)Cn1c(C(C)Cl)nc2cc(I)ccc21. The van der Waals surface area contributed by atoms with Crippen molar-refractivity contribution in [3.05, 3.63) is 27.6 Å². The third-order valence-corrected chi connectivity index (χ3v) is 3.54. The van der Waals surface area contributed by atoms with Crippen molar-refractivity contribution >= 4 is 51.1 Å². The van der Waals surface area contributed by atoms with Crippen molar-refractivity contribution in [2.45, 2.75) is 18.8 Å².